The van der Waals surface area contributed by atoms with Crippen LogP contribution in [0.3, 0.4) is 0 Å². The summed E-state index contributed by atoms with van der Waals surface area (Å²) in [6.45, 7) is 6.34. The molecule has 0 saturated carbocycles. The number of aliphatic hydroxyl groups is 1. The van der Waals surface area contributed by atoms with E-state index in [0.29, 0.717) is 19.5 Å². The molecule has 37 heavy (non-hydrogen) atoms. The van der Waals surface area contributed by atoms with Crippen molar-refractivity contribution in [1.82, 2.24) is 15.5 Å². The maximum Gasteiger partial charge on any atom is 1.00 e. The number of primary amides is 1. The van der Waals surface area contributed by atoms with Crippen LogP contribution < -0.4 is 73.5 Å². The Morgan fingerprint density at radius 2 is 1.84 bits per heavy atom. The number of carbonyl (C=O) groups is 3. The average molecular weight is 552 g/mol. The summed E-state index contributed by atoms with van der Waals surface area (Å²) in [6, 6.07) is 6.13. The smallest absolute Gasteiger partial charge is 0.393 e. The van der Waals surface area contributed by atoms with Crippen molar-refractivity contribution in [2.45, 2.75) is 77.5 Å². The van der Waals surface area contributed by atoms with Crippen molar-refractivity contribution in [2.24, 2.45) is 11.5 Å². The minimum atomic E-state index is -0.600. The first kappa shape index (κ1) is 40.6. The van der Waals surface area contributed by atoms with E-state index in [1.807, 2.05) is 4.90 Å². The van der Waals surface area contributed by atoms with Crippen LogP contribution in [0.2, 0.25) is 0 Å². The third-order valence-corrected chi connectivity index (χ3v) is 5.10. The van der Waals surface area contributed by atoms with E-state index in [2.05, 4.69) is 17.6 Å². The van der Waals surface area contributed by atoms with Gasteiger partial charge in [0.1, 0.15) is 5.82 Å². The van der Waals surface area contributed by atoms with Gasteiger partial charge in [-0.2, -0.15) is 0 Å². The van der Waals surface area contributed by atoms with Crippen molar-refractivity contribution in [1.29, 1.82) is 0 Å². The van der Waals surface area contributed by atoms with Gasteiger partial charge in [0.25, 0.3) is 0 Å². The minimum Gasteiger partial charge on any atom is -0.393 e. The number of aliphatic hydroxyl groups excluding tert-OH is 1. The summed E-state index contributed by atoms with van der Waals surface area (Å²) in [4.78, 5) is 35.7. The number of carbonyl (C=O) groups excluding carboxylic acids is 3. The zero-order chi connectivity index (χ0) is 26.6. The Labute approximate surface area is 265 Å². The first-order chi connectivity index (χ1) is 16.6. The number of hydrogen-bond donors (Lipinski definition) is 5. The predicted molar refractivity (Wildman–Crippen MR) is 142 cm³/mol. The Hall–Kier alpha value is -0.924. The molecule has 1 aliphatic heterocycles. The van der Waals surface area contributed by atoms with Gasteiger partial charge in [-0.3, -0.25) is 14.4 Å². The number of halogens is 1. The van der Waals surface area contributed by atoms with Gasteiger partial charge < -0.3 is 39.5 Å². The zero-order valence-corrected chi connectivity index (χ0v) is 26.5. The van der Waals surface area contributed by atoms with E-state index >= 15 is 0 Å². The van der Waals surface area contributed by atoms with Crippen molar-refractivity contribution in [3.8, 4) is 0 Å². The second-order valence-electron chi connectivity index (χ2n) is 8.47. The molecule has 9 nitrogen and oxygen atoms in total. The summed E-state index contributed by atoms with van der Waals surface area (Å²) in [6.07, 6.45) is 4.40. The Kier molecular flexibility index (Phi) is 27.8. The third kappa shape index (κ3) is 21.7. The number of nitrogens with zero attached hydrogens (tertiary/aromatic N) is 1. The third-order valence-electron chi connectivity index (χ3n) is 5.10. The summed E-state index contributed by atoms with van der Waals surface area (Å²) in [5, 5.41) is 14.3. The van der Waals surface area contributed by atoms with Crippen molar-refractivity contribution in [3.63, 3.8) is 0 Å². The molecule has 1 aromatic rings. The molecule has 208 valence electrons. The van der Waals surface area contributed by atoms with Crippen LogP contribution in [0.15, 0.2) is 24.3 Å². The number of hydrogen-bond acceptors (Lipinski definition) is 6. The van der Waals surface area contributed by atoms with E-state index in [0.717, 1.165) is 50.8 Å². The van der Waals surface area contributed by atoms with Crippen molar-refractivity contribution >= 4 is 17.7 Å². The maximum atomic E-state index is 13.1. The summed E-state index contributed by atoms with van der Waals surface area (Å²) in [5.74, 6) is -0.629. The number of benzene rings is 1. The van der Waals surface area contributed by atoms with Gasteiger partial charge >= 0.3 is 51.4 Å². The minimum absolute atomic E-state index is 0. The van der Waals surface area contributed by atoms with Gasteiger partial charge in [-0.15, -0.1) is 0 Å². The average Bonchev–Trinajstić information content (AvgIpc) is 3.36. The van der Waals surface area contributed by atoms with E-state index in [4.69, 9.17) is 16.6 Å². The Balaban J connectivity index is -0.000000753. The van der Waals surface area contributed by atoms with Crippen molar-refractivity contribution in [3.05, 3.63) is 43.1 Å². The molecule has 7 N–H and O–H groups in total. The fourth-order valence-electron chi connectivity index (χ4n) is 3.20. The quantitative estimate of drug-likeness (QED) is 0.133. The standard InChI is InChI=1S/C18H26FN3O2.C4H9NO2.C3H9N.CH3.K/c1-20-17(23)6-2-3-12-22(18(24)16-5-4-11-21-16)13-14-7-9-15(19)10-8-14;1-3(6)2-4(5)7;1-2-3-4;;/h7-10,16,21H,2-6,11-13H2,1H3,(H,20,23);3,6H,2H2,1H3,(H2,5,7);2-4H2,1H3;1H3;/q;;;-1;+1/t;3-;;;/m.1.../s1. The van der Waals surface area contributed by atoms with E-state index in [1.165, 1.54) is 19.1 Å². The van der Waals surface area contributed by atoms with Crippen LogP contribution in [0.5, 0.6) is 0 Å². The van der Waals surface area contributed by atoms with Gasteiger partial charge in [0, 0.05) is 26.6 Å². The molecule has 11 heteroatoms. The van der Waals surface area contributed by atoms with Crippen molar-refractivity contribution in [2.75, 3.05) is 26.7 Å². The first-order valence-corrected chi connectivity index (χ1v) is 12.3. The number of amides is 3. The predicted octanol–water partition coefficient (Wildman–Crippen LogP) is -1.13. The summed E-state index contributed by atoms with van der Waals surface area (Å²) < 4.78 is 13.1. The molecule has 0 spiro atoms. The molecule has 2 rings (SSSR count). The van der Waals surface area contributed by atoms with Crippen molar-refractivity contribution < 1.29 is 75.3 Å². The molecular formula is C26H47FKN5O4. The number of nitrogens with one attached hydrogen (secondary N) is 2. The fourth-order valence-corrected chi connectivity index (χ4v) is 3.20. The molecule has 0 radical (unpaired) electrons. The molecule has 1 heterocycles. The molecule has 2 atom stereocenters. The summed E-state index contributed by atoms with van der Waals surface area (Å²) >= 11 is 0. The molecule has 1 unspecified atom stereocenters. The molecule has 0 aromatic heterocycles. The molecular weight excluding hydrogens is 504 g/mol. The van der Waals surface area contributed by atoms with Crippen LogP contribution in [-0.2, 0) is 20.9 Å². The Morgan fingerprint density at radius 1 is 1.24 bits per heavy atom. The topological polar surface area (TPSA) is 151 Å². The second-order valence-corrected chi connectivity index (χ2v) is 8.47. The van der Waals surface area contributed by atoms with E-state index in [-0.39, 0.29) is 88.9 Å². The Morgan fingerprint density at radius 3 is 2.24 bits per heavy atom. The largest absolute Gasteiger partial charge is 1.00 e. The van der Waals surface area contributed by atoms with Gasteiger partial charge in [-0.25, -0.2) is 4.39 Å². The first-order valence-electron chi connectivity index (χ1n) is 12.3. The van der Waals surface area contributed by atoms with E-state index in [1.54, 1.807) is 19.2 Å². The van der Waals surface area contributed by atoms with Crippen LogP contribution in [0.25, 0.3) is 0 Å². The van der Waals surface area contributed by atoms with Crippen LogP contribution in [-0.4, -0.2) is 66.6 Å². The summed E-state index contributed by atoms with van der Waals surface area (Å²) in [7, 11) is 1.62. The normalized spacial score (nSPS) is 14.3. The van der Waals surface area contributed by atoms with Crippen LogP contribution in [0.1, 0.15) is 64.4 Å². The Bertz CT molecular complexity index is 730. The zero-order valence-electron chi connectivity index (χ0n) is 23.4. The monoisotopic (exact) mass is 551 g/mol. The molecule has 0 bridgehead atoms. The molecule has 1 fully saturated rings. The number of unbranched alkanes of at least 4 members (excludes halogenated alkanes) is 1. The SMILES string of the molecule is CCCN.CNC(=O)CCCCN(Cc1ccc(F)cc1)C(=O)C1CCCN1.C[C@@H](O)CC(N)=O.[CH3-].[K+]. The number of rotatable bonds is 11. The maximum absolute atomic E-state index is 13.1. The molecule has 0 aliphatic carbocycles. The molecule has 1 saturated heterocycles. The van der Waals surface area contributed by atoms with Crippen LogP contribution >= 0.6 is 0 Å². The van der Waals surface area contributed by atoms with Gasteiger partial charge in [0.05, 0.1) is 18.6 Å². The molecule has 3 amide bonds. The molecule has 1 aliphatic rings. The second kappa shape index (κ2) is 25.4. The van der Waals surface area contributed by atoms with Gasteiger partial charge in [0.15, 0.2) is 0 Å². The van der Waals surface area contributed by atoms with E-state index in [9.17, 15) is 18.8 Å². The van der Waals surface area contributed by atoms with E-state index < -0.39 is 12.0 Å². The summed E-state index contributed by atoms with van der Waals surface area (Å²) in [5.41, 5.74) is 10.6. The number of nitrogens with two attached hydrogens (primary N) is 2. The van der Waals surface area contributed by atoms with Crippen LogP contribution in [0, 0.1) is 13.2 Å². The molecule has 1 aromatic carbocycles. The van der Waals surface area contributed by atoms with Gasteiger partial charge in [-0.05, 0) is 69.8 Å². The van der Waals surface area contributed by atoms with Crippen LogP contribution in [0.4, 0.5) is 4.39 Å². The fraction of sp³-hybridized carbons (Fsp3) is 0.615. The van der Waals surface area contributed by atoms with Gasteiger partial charge in [0.2, 0.25) is 17.7 Å². The van der Waals surface area contributed by atoms with Gasteiger partial charge in [-0.1, -0.05) is 19.1 Å².